The summed E-state index contributed by atoms with van der Waals surface area (Å²) in [6.07, 6.45) is 0. The Balaban J connectivity index is 2.36. The van der Waals surface area contributed by atoms with Crippen molar-refractivity contribution in [3.8, 4) is 5.75 Å². The summed E-state index contributed by atoms with van der Waals surface area (Å²) in [4.78, 5) is 11.9. The monoisotopic (exact) mass is 366 g/mol. The van der Waals surface area contributed by atoms with Gasteiger partial charge < -0.3 is 10.1 Å². The van der Waals surface area contributed by atoms with Gasteiger partial charge in [-0.25, -0.2) is 12.8 Å². The molecule has 1 N–H and O–H groups in total. The average Bonchev–Trinajstić information content (AvgIpc) is 2.60. The number of sulfonamides is 1. The number of carbonyl (C=O) groups excluding carboxylic acids is 1. The van der Waals surface area contributed by atoms with Crippen molar-refractivity contribution >= 4 is 15.9 Å². The Morgan fingerprint density at radius 2 is 1.96 bits per heavy atom. The summed E-state index contributed by atoms with van der Waals surface area (Å²) in [5.74, 6) is -0.623. The third-order valence-electron chi connectivity index (χ3n) is 3.65. The Hall–Kier alpha value is -2.45. The van der Waals surface area contributed by atoms with Crippen LogP contribution in [0.4, 0.5) is 4.39 Å². The van der Waals surface area contributed by atoms with E-state index >= 15 is 0 Å². The maximum atomic E-state index is 13.3. The molecule has 6 nitrogen and oxygen atoms in total. The van der Waals surface area contributed by atoms with Gasteiger partial charge in [0.05, 0.1) is 17.6 Å². The highest BCUT2D eigenvalue weighted by molar-refractivity contribution is 7.89. The molecule has 0 saturated carbocycles. The van der Waals surface area contributed by atoms with Crippen molar-refractivity contribution in [3.63, 3.8) is 0 Å². The average molecular weight is 366 g/mol. The van der Waals surface area contributed by atoms with Crippen LogP contribution in [0.5, 0.6) is 5.75 Å². The molecule has 0 aliphatic heterocycles. The van der Waals surface area contributed by atoms with E-state index in [-0.39, 0.29) is 22.8 Å². The molecule has 1 amide bonds. The molecule has 0 bridgehead atoms. The molecule has 0 spiro atoms. The lowest BCUT2D eigenvalue weighted by molar-refractivity contribution is 0.0960. The van der Waals surface area contributed by atoms with E-state index in [9.17, 15) is 17.6 Å². The first-order valence-corrected chi connectivity index (χ1v) is 8.84. The lowest BCUT2D eigenvalue weighted by atomic mass is 10.2. The quantitative estimate of drug-likeness (QED) is 0.849. The highest BCUT2D eigenvalue weighted by Gasteiger charge is 2.24. The first-order valence-electron chi connectivity index (χ1n) is 7.40. The van der Waals surface area contributed by atoms with Crippen molar-refractivity contribution < 1.29 is 22.3 Å². The molecule has 0 saturated heterocycles. The van der Waals surface area contributed by atoms with E-state index in [0.717, 1.165) is 4.31 Å². The van der Waals surface area contributed by atoms with Crippen molar-refractivity contribution in [3.05, 3.63) is 59.4 Å². The number of nitrogens with one attached hydrogen (secondary N) is 1. The van der Waals surface area contributed by atoms with E-state index in [4.69, 9.17) is 4.74 Å². The number of amides is 1. The van der Waals surface area contributed by atoms with Gasteiger partial charge in [0.2, 0.25) is 10.0 Å². The summed E-state index contributed by atoms with van der Waals surface area (Å²) in [7, 11) is 0.367. The Bertz CT molecular complexity index is 884. The number of carbonyl (C=O) groups is 1. The minimum Gasteiger partial charge on any atom is -0.496 e. The van der Waals surface area contributed by atoms with Crippen molar-refractivity contribution in [2.75, 3.05) is 21.2 Å². The number of ether oxygens (including phenoxy) is 1. The van der Waals surface area contributed by atoms with Crippen LogP contribution in [-0.2, 0) is 16.6 Å². The van der Waals surface area contributed by atoms with E-state index < -0.39 is 21.7 Å². The second-order valence-electron chi connectivity index (χ2n) is 5.33. The van der Waals surface area contributed by atoms with E-state index in [1.807, 2.05) is 0 Å². The molecular formula is C17H19FN2O4S. The minimum absolute atomic E-state index is 0.00142. The number of nitrogens with zero attached hydrogens (tertiary/aromatic N) is 1. The largest absolute Gasteiger partial charge is 0.496 e. The Morgan fingerprint density at radius 3 is 2.56 bits per heavy atom. The Kier molecular flexibility index (Phi) is 5.76. The minimum atomic E-state index is -3.86. The van der Waals surface area contributed by atoms with E-state index in [2.05, 4.69) is 5.32 Å². The zero-order valence-electron chi connectivity index (χ0n) is 14.1. The molecule has 0 radical (unpaired) electrons. The molecule has 0 heterocycles. The van der Waals surface area contributed by atoms with Crippen LogP contribution < -0.4 is 10.1 Å². The number of benzene rings is 2. The van der Waals surface area contributed by atoms with Crippen LogP contribution in [0.2, 0.25) is 0 Å². The molecule has 0 aliphatic rings. The van der Waals surface area contributed by atoms with Gasteiger partial charge in [0.15, 0.2) is 0 Å². The number of rotatable bonds is 6. The number of hydrogen-bond donors (Lipinski definition) is 1. The molecule has 25 heavy (non-hydrogen) atoms. The molecule has 0 atom stereocenters. The van der Waals surface area contributed by atoms with E-state index in [1.165, 1.54) is 57.6 Å². The van der Waals surface area contributed by atoms with Crippen LogP contribution >= 0.6 is 0 Å². The lowest BCUT2D eigenvalue weighted by Gasteiger charge is -2.18. The number of halogens is 1. The first kappa shape index (κ1) is 18.9. The van der Waals surface area contributed by atoms with Gasteiger partial charge in [0.25, 0.3) is 5.91 Å². The molecule has 0 fully saturated rings. The summed E-state index contributed by atoms with van der Waals surface area (Å²) in [6, 6.07) is 9.76. The van der Waals surface area contributed by atoms with Gasteiger partial charge in [-0.2, -0.15) is 4.31 Å². The standard InChI is InChI=1S/C17H19FN2O4S/c1-19-17(21)15-10-14(7-8-16(15)24-3)25(22,23)20(2)11-12-5-4-6-13(18)9-12/h4-10H,11H2,1-3H3,(H,19,21). The fourth-order valence-corrected chi connectivity index (χ4v) is 3.50. The lowest BCUT2D eigenvalue weighted by Crippen LogP contribution is -2.27. The summed E-state index contributed by atoms with van der Waals surface area (Å²) < 4.78 is 45.0. The van der Waals surface area contributed by atoms with Gasteiger partial charge in [-0.15, -0.1) is 0 Å². The highest BCUT2D eigenvalue weighted by atomic mass is 32.2. The van der Waals surface area contributed by atoms with Gasteiger partial charge in [-0.1, -0.05) is 12.1 Å². The zero-order chi connectivity index (χ0) is 18.6. The summed E-state index contributed by atoms with van der Waals surface area (Å²) in [6.45, 7) is 0.00142. The summed E-state index contributed by atoms with van der Waals surface area (Å²) in [5, 5.41) is 2.44. The SMILES string of the molecule is CNC(=O)c1cc(S(=O)(=O)N(C)Cc2cccc(F)c2)ccc1OC. The second kappa shape index (κ2) is 7.62. The fourth-order valence-electron chi connectivity index (χ4n) is 2.32. The van der Waals surface area contributed by atoms with Gasteiger partial charge in [0.1, 0.15) is 11.6 Å². The van der Waals surface area contributed by atoms with Crippen LogP contribution in [0.3, 0.4) is 0 Å². The predicted octanol–water partition coefficient (Wildman–Crippen LogP) is 2.01. The molecule has 0 unspecified atom stereocenters. The van der Waals surface area contributed by atoms with E-state index in [0.29, 0.717) is 5.56 Å². The van der Waals surface area contributed by atoms with Crippen LogP contribution in [0.15, 0.2) is 47.4 Å². The smallest absolute Gasteiger partial charge is 0.254 e. The molecular weight excluding hydrogens is 347 g/mol. The maximum Gasteiger partial charge on any atom is 0.254 e. The highest BCUT2D eigenvalue weighted by Crippen LogP contribution is 2.25. The summed E-state index contributed by atoms with van der Waals surface area (Å²) >= 11 is 0. The van der Waals surface area contributed by atoms with E-state index in [1.54, 1.807) is 6.07 Å². The van der Waals surface area contributed by atoms with Crippen LogP contribution in [0.25, 0.3) is 0 Å². The molecule has 8 heteroatoms. The predicted molar refractivity (Wildman–Crippen MR) is 91.4 cm³/mol. The fraction of sp³-hybridized carbons (Fsp3) is 0.235. The third-order valence-corrected chi connectivity index (χ3v) is 5.44. The molecule has 2 aromatic carbocycles. The Labute approximate surface area is 146 Å². The molecule has 0 aliphatic carbocycles. The maximum absolute atomic E-state index is 13.3. The number of methoxy groups -OCH3 is 1. The summed E-state index contributed by atoms with van der Waals surface area (Å²) in [5.41, 5.74) is 0.636. The van der Waals surface area contributed by atoms with Crippen LogP contribution in [-0.4, -0.2) is 39.8 Å². The number of hydrogen-bond acceptors (Lipinski definition) is 4. The van der Waals surface area contributed by atoms with Gasteiger partial charge >= 0.3 is 0 Å². The van der Waals surface area contributed by atoms with Crippen LogP contribution in [0, 0.1) is 5.82 Å². The van der Waals surface area contributed by atoms with Gasteiger partial charge in [0, 0.05) is 20.6 Å². The molecule has 134 valence electrons. The molecule has 0 aromatic heterocycles. The van der Waals surface area contributed by atoms with Crippen molar-refractivity contribution in [1.82, 2.24) is 9.62 Å². The van der Waals surface area contributed by atoms with Crippen molar-refractivity contribution in [2.45, 2.75) is 11.4 Å². The Morgan fingerprint density at radius 1 is 1.24 bits per heavy atom. The second-order valence-corrected chi connectivity index (χ2v) is 7.38. The van der Waals surface area contributed by atoms with Crippen molar-refractivity contribution in [2.24, 2.45) is 0 Å². The first-order chi connectivity index (χ1) is 11.8. The molecule has 2 aromatic rings. The molecule has 2 rings (SSSR count). The normalized spacial score (nSPS) is 11.4. The van der Waals surface area contributed by atoms with Gasteiger partial charge in [-0.3, -0.25) is 4.79 Å². The zero-order valence-corrected chi connectivity index (χ0v) is 14.9. The van der Waals surface area contributed by atoms with Gasteiger partial charge in [-0.05, 0) is 35.9 Å². The topological polar surface area (TPSA) is 75.7 Å². The third kappa shape index (κ3) is 4.15. The van der Waals surface area contributed by atoms with Crippen LogP contribution in [0.1, 0.15) is 15.9 Å². The van der Waals surface area contributed by atoms with Crippen molar-refractivity contribution in [1.29, 1.82) is 0 Å².